The van der Waals surface area contributed by atoms with Gasteiger partial charge in [-0.3, -0.25) is 10.3 Å². The van der Waals surface area contributed by atoms with Gasteiger partial charge in [0.1, 0.15) is 0 Å². The third-order valence-electron chi connectivity index (χ3n) is 5.49. The smallest absolute Gasteiger partial charge is 0.323 e. The molecule has 170 valence electrons. The van der Waals surface area contributed by atoms with Crippen molar-refractivity contribution in [1.29, 1.82) is 5.26 Å². The minimum absolute atomic E-state index is 0.169. The fourth-order valence-corrected chi connectivity index (χ4v) is 5.85. The van der Waals surface area contributed by atoms with Crippen molar-refractivity contribution >= 4 is 32.3 Å². The van der Waals surface area contributed by atoms with E-state index in [-0.39, 0.29) is 12.6 Å². The fourth-order valence-electron chi connectivity index (χ4n) is 3.90. The summed E-state index contributed by atoms with van der Waals surface area (Å²) in [7, 11) is -3.20. The van der Waals surface area contributed by atoms with Crippen LogP contribution < -0.4 is 5.32 Å². The zero-order valence-electron chi connectivity index (χ0n) is 18.5. The van der Waals surface area contributed by atoms with E-state index >= 15 is 0 Å². The molecule has 1 aliphatic rings. The van der Waals surface area contributed by atoms with Crippen LogP contribution in [0.25, 0.3) is 21.7 Å². The number of hydrogen-bond donors (Lipinski definition) is 1. The summed E-state index contributed by atoms with van der Waals surface area (Å²) < 4.78 is 23.7. The predicted octanol–water partition coefficient (Wildman–Crippen LogP) is 4.01. The van der Waals surface area contributed by atoms with Crippen molar-refractivity contribution in [3.63, 3.8) is 0 Å². The molecular formula is C23H23N5O3S2. The van der Waals surface area contributed by atoms with Crippen LogP contribution in [0.2, 0.25) is 0 Å². The van der Waals surface area contributed by atoms with Crippen molar-refractivity contribution < 1.29 is 13.2 Å². The maximum absolute atomic E-state index is 12.8. The Balaban J connectivity index is 1.69. The first-order chi connectivity index (χ1) is 15.6. The van der Waals surface area contributed by atoms with Gasteiger partial charge in [-0.05, 0) is 50.1 Å². The van der Waals surface area contributed by atoms with Gasteiger partial charge < -0.3 is 4.90 Å². The number of nitrogens with one attached hydrogen (secondary N) is 1. The summed E-state index contributed by atoms with van der Waals surface area (Å²) in [4.78, 5) is 24.3. The molecular weight excluding hydrogens is 458 g/mol. The number of rotatable bonds is 4. The standard InChI is InChI=1S/C23H23N5O3S2/c1-14-9-18(10-15(2)25-14)21-20(17-6-4-5-16(11-17)12-24)26-22(32-21)27-23(29)28-8-7-19(13-28)33(3,30)31/h4-6,9-11,19H,7-8,13H2,1-3H3,(H,26,27,29)/t19-/m1/s1. The summed E-state index contributed by atoms with van der Waals surface area (Å²) in [6.45, 7) is 4.38. The van der Waals surface area contributed by atoms with Crippen LogP contribution in [0.3, 0.4) is 0 Å². The largest absolute Gasteiger partial charge is 0.323 e. The van der Waals surface area contributed by atoms with Gasteiger partial charge in [0.05, 0.1) is 27.5 Å². The number of amides is 2. The Labute approximate surface area is 196 Å². The molecule has 1 fully saturated rings. The summed E-state index contributed by atoms with van der Waals surface area (Å²) in [5, 5.41) is 12.0. The van der Waals surface area contributed by atoms with Crippen LogP contribution in [-0.4, -0.2) is 53.9 Å². The van der Waals surface area contributed by atoms with Gasteiger partial charge in [-0.2, -0.15) is 5.26 Å². The lowest BCUT2D eigenvalue weighted by Crippen LogP contribution is -2.34. The van der Waals surface area contributed by atoms with Crippen LogP contribution in [0.5, 0.6) is 0 Å². The van der Waals surface area contributed by atoms with Crippen LogP contribution in [0.1, 0.15) is 23.4 Å². The Morgan fingerprint density at radius 1 is 1.18 bits per heavy atom. The van der Waals surface area contributed by atoms with Crippen molar-refractivity contribution in [2.24, 2.45) is 0 Å². The number of nitrogens with zero attached hydrogens (tertiary/aromatic N) is 4. The second-order valence-electron chi connectivity index (χ2n) is 8.14. The fraction of sp³-hybridized carbons (Fsp3) is 0.304. The molecule has 1 N–H and O–H groups in total. The Morgan fingerprint density at radius 3 is 2.55 bits per heavy atom. The van der Waals surface area contributed by atoms with Crippen LogP contribution in [0, 0.1) is 25.2 Å². The third kappa shape index (κ3) is 5.05. The minimum atomic E-state index is -3.20. The van der Waals surface area contributed by atoms with E-state index in [0.717, 1.165) is 27.4 Å². The highest BCUT2D eigenvalue weighted by Gasteiger charge is 2.33. The van der Waals surface area contributed by atoms with Crippen molar-refractivity contribution in [2.75, 3.05) is 24.7 Å². The molecule has 3 heterocycles. The number of nitriles is 1. The van der Waals surface area contributed by atoms with Crippen LogP contribution in [0.4, 0.5) is 9.93 Å². The van der Waals surface area contributed by atoms with Gasteiger partial charge in [0.15, 0.2) is 15.0 Å². The Kier molecular flexibility index (Phi) is 6.19. The van der Waals surface area contributed by atoms with Crippen molar-refractivity contribution in [2.45, 2.75) is 25.5 Å². The number of hydrogen-bond acceptors (Lipinski definition) is 7. The maximum atomic E-state index is 12.8. The van der Waals surface area contributed by atoms with E-state index in [0.29, 0.717) is 29.4 Å². The number of sulfone groups is 1. The lowest BCUT2D eigenvalue weighted by atomic mass is 10.0. The number of carbonyl (C=O) groups is 1. The zero-order chi connectivity index (χ0) is 23.8. The summed E-state index contributed by atoms with van der Waals surface area (Å²) in [5.41, 5.74) is 4.60. The molecule has 33 heavy (non-hydrogen) atoms. The first-order valence-corrected chi connectivity index (χ1v) is 13.1. The number of thiazole rings is 1. The van der Waals surface area contributed by atoms with Crippen molar-refractivity contribution in [3.05, 3.63) is 53.3 Å². The summed E-state index contributed by atoms with van der Waals surface area (Å²) in [5.74, 6) is 0. The Hall–Kier alpha value is -3.29. The van der Waals surface area contributed by atoms with Gasteiger partial charge in [0, 0.05) is 36.3 Å². The number of pyridine rings is 1. The lowest BCUT2D eigenvalue weighted by molar-refractivity contribution is 0.222. The Morgan fingerprint density at radius 2 is 1.91 bits per heavy atom. The lowest BCUT2D eigenvalue weighted by Gasteiger charge is -2.15. The molecule has 1 aromatic carbocycles. The highest BCUT2D eigenvalue weighted by Crippen LogP contribution is 2.39. The predicted molar refractivity (Wildman–Crippen MR) is 129 cm³/mol. The molecule has 0 aliphatic carbocycles. The summed E-state index contributed by atoms with van der Waals surface area (Å²) in [6, 6.07) is 12.9. The van der Waals surface area contributed by atoms with E-state index in [1.165, 1.54) is 22.5 Å². The average Bonchev–Trinajstić information content (AvgIpc) is 3.41. The quantitative estimate of drug-likeness (QED) is 0.602. The summed E-state index contributed by atoms with van der Waals surface area (Å²) >= 11 is 1.33. The van der Waals surface area contributed by atoms with E-state index in [1.54, 1.807) is 18.2 Å². The monoisotopic (exact) mass is 481 g/mol. The molecule has 1 saturated heterocycles. The molecule has 3 aromatic rings. The maximum Gasteiger partial charge on any atom is 0.323 e. The highest BCUT2D eigenvalue weighted by atomic mass is 32.2. The van der Waals surface area contributed by atoms with E-state index in [4.69, 9.17) is 0 Å². The molecule has 0 bridgehead atoms. The number of aromatic nitrogens is 2. The number of carbonyl (C=O) groups excluding carboxylic acids is 1. The van der Waals surface area contributed by atoms with Gasteiger partial charge in [-0.25, -0.2) is 18.2 Å². The molecule has 2 aromatic heterocycles. The van der Waals surface area contributed by atoms with E-state index in [2.05, 4.69) is 21.4 Å². The van der Waals surface area contributed by atoms with E-state index in [9.17, 15) is 18.5 Å². The molecule has 2 amide bonds. The molecule has 0 unspecified atom stereocenters. The van der Waals surface area contributed by atoms with E-state index in [1.807, 2.05) is 32.0 Å². The number of benzene rings is 1. The van der Waals surface area contributed by atoms with E-state index < -0.39 is 15.1 Å². The molecule has 1 atom stereocenters. The molecule has 4 rings (SSSR count). The first-order valence-electron chi connectivity index (χ1n) is 10.4. The second-order valence-corrected chi connectivity index (χ2v) is 11.5. The topological polar surface area (TPSA) is 116 Å². The number of urea groups is 1. The third-order valence-corrected chi connectivity index (χ3v) is 8.10. The SMILES string of the molecule is Cc1cc(-c2sc(NC(=O)N3CC[C@@H](S(C)(=O)=O)C3)nc2-c2cccc(C#N)c2)cc(C)n1. The van der Waals surface area contributed by atoms with Gasteiger partial charge in [0.2, 0.25) is 0 Å². The highest BCUT2D eigenvalue weighted by molar-refractivity contribution is 7.91. The first kappa shape index (κ1) is 22.9. The minimum Gasteiger partial charge on any atom is -0.323 e. The number of likely N-dealkylation sites (tertiary alicyclic amines) is 1. The zero-order valence-corrected chi connectivity index (χ0v) is 20.1. The molecule has 1 aliphatic heterocycles. The molecule has 0 spiro atoms. The molecule has 8 nitrogen and oxygen atoms in total. The number of aryl methyl sites for hydroxylation is 2. The molecule has 10 heteroatoms. The Bertz CT molecular complexity index is 1350. The van der Waals surface area contributed by atoms with Gasteiger partial charge in [0.25, 0.3) is 0 Å². The van der Waals surface area contributed by atoms with Crippen LogP contribution >= 0.6 is 11.3 Å². The van der Waals surface area contributed by atoms with Crippen molar-refractivity contribution in [3.8, 4) is 27.8 Å². The molecule has 0 saturated carbocycles. The second kappa shape index (κ2) is 8.92. The van der Waals surface area contributed by atoms with Crippen LogP contribution in [-0.2, 0) is 9.84 Å². The number of anilines is 1. The van der Waals surface area contributed by atoms with Gasteiger partial charge >= 0.3 is 6.03 Å². The van der Waals surface area contributed by atoms with Crippen molar-refractivity contribution in [1.82, 2.24) is 14.9 Å². The van der Waals surface area contributed by atoms with Gasteiger partial charge in [-0.1, -0.05) is 23.5 Å². The average molecular weight is 482 g/mol. The molecule has 0 radical (unpaired) electrons. The normalized spacial score (nSPS) is 15.9. The van der Waals surface area contributed by atoms with Gasteiger partial charge in [-0.15, -0.1) is 0 Å². The summed E-state index contributed by atoms with van der Waals surface area (Å²) in [6.07, 6.45) is 1.63. The van der Waals surface area contributed by atoms with Crippen LogP contribution in [0.15, 0.2) is 36.4 Å².